The number of carbonyl (C=O) groups excluding carboxylic acids is 1. The third-order valence-corrected chi connectivity index (χ3v) is 5.29. The number of halogens is 3. The van der Waals surface area contributed by atoms with Gasteiger partial charge in [0.15, 0.2) is 11.4 Å². The lowest BCUT2D eigenvalue weighted by Crippen LogP contribution is -2.48. The number of hydrogen-bond acceptors (Lipinski definition) is 4. The Morgan fingerprint density at radius 1 is 1.31 bits per heavy atom. The number of rotatable bonds is 9. The second-order valence-electron chi connectivity index (χ2n) is 8.07. The van der Waals surface area contributed by atoms with Crippen molar-refractivity contribution in [1.82, 2.24) is 14.7 Å². The standard InChI is InChI=1S/C23H27F3N4O2/c1-4-15-10-19(32-12-16-17(25)6-5-7-18(16)26)21-29-14(2)20(30(21)11-15)22(31)28-13-23(3,27)8-9-24/h5-7,10-11H,4,8-9,12-13,27H2,1-3H3,(H,28,31). The zero-order valence-corrected chi connectivity index (χ0v) is 18.3. The smallest absolute Gasteiger partial charge is 0.270 e. The van der Waals surface area contributed by atoms with Crippen LogP contribution >= 0.6 is 0 Å². The highest BCUT2D eigenvalue weighted by Gasteiger charge is 2.24. The molecule has 3 N–H and O–H groups in total. The van der Waals surface area contributed by atoms with E-state index in [-0.39, 0.29) is 30.8 Å². The maximum Gasteiger partial charge on any atom is 0.270 e. The van der Waals surface area contributed by atoms with Crippen LogP contribution in [0.15, 0.2) is 30.5 Å². The van der Waals surface area contributed by atoms with Gasteiger partial charge in [-0.1, -0.05) is 13.0 Å². The molecule has 0 aliphatic heterocycles. The number of nitrogens with two attached hydrogens (primary N) is 1. The van der Waals surface area contributed by atoms with Crippen molar-refractivity contribution in [3.63, 3.8) is 0 Å². The van der Waals surface area contributed by atoms with Crippen molar-refractivity contribution < 1.29 is 22.7 Å². The Morgan fingerprint density at radius 2 is 2.00 bits per heavy atom. The molecule has 9 heteroatoms. The molecule has 172 valence electrons. The SMILES string of the molecule is CCc1cc(OCc2c(F)cccc2F)c2nc(C)c(C(=O)NCC(C)(N)CCF)n2c1. The number of pyridine rings is 1. The lowest BCUT2D eigenvalue weighted by Gasteiger charge is -2.23. The van der Waals surface area contributed by atoms with Gasteiger partial charge < -0.3 is 15.8 Å². The van der Waals surface area contributed by atoms with Crippen LogP contribution in [0.3, 0.4) is 0 Å². The summed E-state index contributed by atoms with van der Waals surface area (Å²) in [6.07, 6.45) is 2.52. The van der Waals surface area contributed by atoms with E-state index in [0.29, 0.717) is 23.5 Å². The summed E-state index contributed by atoms with van der Waals surface area (Å²) in [4.78, 5) is 17.4. The number of carbonyl (C=O) groups is 1. The zero-order valence-electron chi connectivity index (χ0n) is 18.3. The summed E-state index contributed by atoms with van der Waals surface area (Å²) in [6.45, 7) is 4.45. The minimum absolute atomic E-state index is 0.0891. The van der Waals surface area contributed by atoms with Crippen molar-refractivity contribution in [2.75, 3.05) is 13.2 Å². The first-order valence-corrected chi connectivity index (χ1v) is 10.4. The molecule has 3 rings (SSSR count). The fourth-order valence-electron chi connectivity index (χ4n) is 3.35. The molecular weight excluding hydrogens is 421 g/mol. The van der Waals surface area contributed by atoms with E-state index < -0.39 is 29.8 Å². The summed E-state index contributed by atoms with van der Waals surface area (Å²) in [5.74, 6) is -1.52. The monoisotopic (exact) mass is 448 g/mol. The van der Waals surface area contributed by atoms with Crippen molar-refractivity contribution >= 4 is 11.6 Å². The van der Waals surface area contributed by atoms with Gasteiger partial charge in [0.25, 0.3) is 5.91 Å². The maximum absolute atomic E-state index is 14.0. The molecule has 0 saturated heterocycles. The van der Waals surface area contributed by atoms with Crippen molar-refractivity contribution in [3.8, 4) is 5.75 Å². The number of benzene rings is 1. The van der Waals surface area contributed by atoms with Gasteiger partial charge in [0.05, 0.1) is 17.9 Å². The Bertz CT molecular complexity index is 1110. The number of ether oxygens (including phenoxy) is 1. The second-order valence-corrected chi connectivity index (χ2v) is 8.07. The van der Waals surface area contributed by atoms with E-state index in [9.17, 15) is 18.0 Å². The Kier molecular flexibility index (Phi) is 7.08. The molecule has 0 bridgehead atoms. The quantitative estimate of drug-likeness (QED) is 0.521. The molecule has 0 aliphatic rings. The summed E-state index contributed by atoms with van der Waals surface area (Å²) in [5, 5.41) is 2.74. The average Bonchev–Trinajstić information content (AvgIpc) is 3.07. The van der Waals surface area contributed by atoms with Gasteiger partial charge in [-0.2, -0.15) is 0 Å². The summed E-state index contributed by atoms with van der Waals surface area (Å²) in [6, 6.07) is 5.35. The molecule has 1 aromatic carbocycles. The van der Waals surface area contributed by atoms with Crippen LogP contribution in [0.2, 0.25) is 0 Å². The van der Waals surface area contributed by atoms with E-state index >= 15 is 0 Å². The van der Waals surface area contributed by atoms with E-state index in [1.807, 2.05) is 6.92 Å². The first kappa shape index (κ1) is 23.6. The zero-order chi connectivity index (χ0) is 23.5. The van der Waals surface area contributed by atoms with E-state index in [2.05, 4.69) is 10.3 Å². The van der Waals surface area contributed by atoms with Crippen molar-refractivity contribution in [3.05, 3.63) is 64.6 Å². The van der Waals surface area contributed by atoms with Gasteiger partial charge in [-0.05, 0) is 50.5 Å². The van der Waals surface area contributed by atoms with Gasteiger partial charge in [0.1, 0.15) is 23.9 Å². The number of nitrogens with zero attached hydrogens (tertiary/aromatic N) is 2. The first-order valence-electron chi connectivity index (χ1n) is 10.4. The molecule has 2 heterocycles. The van der Waals surface area contributed by atoms with Crippen LogP contribution in [0, 0.1) is 18.6 Å². The molecular formula is C23H27F3N4O2. The molecule has 0 radical (unpaired) electrons. The Balaban J connectivity index is 1.94. The fraction of sp³-hybridized carbons (Fsp3) is 0.391. The van der Waals surface area contributed by atoms with Crippen LogP contribution in [0.1, 0.15) is 47.6 Å². The highest BCUT2D eigenvalue weighted by molar-refractivity contribution is 5.95. The molecule has 0 spiro atoms. The Labute approximate surface area is 184 Å². The first-order chi connectivity index (χ1) is 15.2. The molecule has 0 saturated carbocycles. The van der Waals surface area contributed by atoms with Crippen LogP contribution in [0.4, 0.5) is 13.2 Å². The van der Waals surface area contributed by atoms with Crippen LogP contribution in [0.25, 0.3) is 5.65 Å². The fourth-order valence-corrected chi connectivity index (χ4v) is 3.35. The largest absolute Gasteiger partial charge is 0.485 e. The molecule has 1 unspecified atom stereocenters. The highest BCUT2D eigenvalue weighted by atomic mass is 19.1. The van der Waals surface area contributed by atoms with Crippen molar-refractivity contribution in [1.29, 1.82) is 0 Å². The minimum Gasteiger partial charge on any atom is -0.485 e. The minimum atomic E-state index is -0.883. The number of aryl methyl sites for hydroxylation is 2. The molecule has 2 aromatic heterocycles. The van der Waals surface area contributed by atoms with E-state index in [1.165, 1.54) is 6.07 Å². The molecule has 0 aliphatic carbocycles. The van der Waals surface area contributed by atoms with Crippen molar-refractivity contribution in [2.45, 2.75) is 45.8 Å². The Hall–Kier alpha value is -3.07. The number of alkyl halides is 1. The molecule has 3 aromatic rings. The van der Waals surface area contributed by atoms with E-state index in [1.54, 1.807) is 30.5 Å². The van der Waals surface area contributed by atoms with E-state index in [0.717, 1.165) is 17.7 Å². The predicted molar refractivity (Wildman–Crippen MR) is 116 cm³/mol. The Morgan fingerprint density at radius 3 is 2.62 bits per heavy atom. The second kappa shape index (κ2) is 9.60. The predicted octanol–water partition coefficient (Wildman–Crippen LogP) is 3.87. The van der Waals surface area contributed by atoms with Gasteiger partial charge in [0, 0.05) is 18.3 Å². The lowest BCUT2D eigenvalue weighted by molar-refractivity contribution is 0.0936. The lowest BCUT2D eigenvalue weighted by atomic mass is 10.0. The average molecular weight is 448 g/mol. The van der Waals surface area contributed by atoms with Gasteiger partial charge in [-0.25, -0.2) is 13.8 Å². The number of nitrogens with one attached hydrogen (secondary N) is 1. The normalized spacial score (nSPS) is 13.2. The van der Waals surface area contributed by atoms with Crippen LogP contribution in [-0.4, -0.2) is 34.1 Å². The summed E-state index contributed by atoms with van der Waals surface area (Å²) < 4.78 is 48.0. The number of imidazole rings is 1. The molecule has 32 heavy (non-hydrogen) atoms. The summed E-state index contributed by atoms with van der Waals surface area (Å²) >= 11 is 0. The number of fused-ring (bicyclic) bond motifs is 1. The third kappa shape index (κ3) is 5.04. The topological polar surface area (TPSA) is 81.6 Å². The number of aromatic nitrogens is 2. The summed E-state index contributed by atoms with van der Waals surface area (Å²) in [5.41, 5.74) is 6.86. The van der Waals surface area contributed by atoms with E-state index in [4.69, 9.17) is 10.5 Å². The van der Waals surface area contributed by atoms with Crippen LogP contribution < -0.4 is 15.8 Å². The maximum atomic E-state index is 14.0. The number of amides is 1. The molecule has 0 fully saturated rings. The summed E-state index contributed by atoms with van der Waals surface area (Å²) in [7, 11) is 0. The van der Waals surface area contributed by atoms with Gasteiger partial charge in [0.2, 0.25) is 0 Å². The highest BCUT2D eigenvalue weighted by Crippen LogP contribution is 2.26. The van der Waals surface area contributed by atoms with Gasteiger partial charge in [-0.3, -0.25) is 13.6 Å². The molecule has 1 amide bonds. The molecule has 6 nitrogen and oxygen atoms in total. The number of hydrogen-bond donors (Lipinski definition) is 2. The third-order valence-electron chi connectivity index (χ3n) is 5.29. The van der Waals surface area contributed by atoms with Gasteiger partial charge >= 0.3 is 0 Å². The van der Waals surface area contributed by atoms with Crippen LogP contribution in [0.5, 0.6) is 5.75 Å². The van der Waals surface area contributed by atoms with Gasteiger partial charge in [-0.15, -0.1) is 0 Å². The van der Waals surface area contributed by atoms with Crippen molar-refractivity contribution in [2.24, 2.45) is 5.73 Å². The van der Waals surface area contributed by atoms with Crippen LogP contribution in [-0.2, 0) is 13.0 Å². The molecule has 1 atom stereocenters.